The van der Waals surface area contributed by atoms with E-state index >= 15 is 0 Å². The summed E-state index contributed by atoms with van der Waals surface area (Å²) >= 11 is 0. The Bertz CT molecular complexity index is 297. The fraction of sp³-hybridized carbons (Fsp3) is 1.00. The van der Waals surface area contributed by atoms with Crippen molar-refractivity contribution < 1.29 is 16.8 Å². The highest BCUT2D eigenvalue weighted by Gasteiger charge is 2.25. The molecule has 0 spiro atoms. The van der Waals surface area contributed by atoms with Gasteiger partial charge in [0.2, 0.25) is 0 Å². The molecule has 0 saturated heterocycles. The summed E-state index contributed by atoms with van der Waals surface area (Å²) in [6.07, 6.45) is 0.335. The molecule has 0 aromatic carbocycles. The van der Waals surface area contributed by atoms with Crippen molar-refractivity contribution in [3.63, 3.8) is 0 Å². The Labute approximate surface area is 66.8 Å². The first-order valence-corrected chi connectivity index (χ1v) is 7.15. The average molecular weight is 200 g/mol. The predicted molar refractivity (Wildman–Crippen MR) is 43.5 cm³/mol. The molecule has 0 N–H and O–H groups in total. The maximum atomic E-state index is 10.9. The number of rotatable bonds is 4. The molecule has 0 aromatic rings. The zero-order chi connectivity index (χ0) is 9.12. The fourth-order valence-corrected chi connectivity index (χ4v) is 4.01. The summed E-state index contributed by atoms with van der Waals surface area (Å²) < 4.78 is 43.4. The standard InChI is InChI=1S/C5H12O4S2/c1-3-5-11(8,9)10(6,7)4-2/h3-5H2,1-2H3. The highest BCUT2D eigenvalue weighted by molar-refractivity contribution is 8.67. The lowest BCUT2D eigenvalue weighted by atomic mass is 10.6. The van der Waals surface area contributed by atoms with Gasteiger partial charge in [0.25, 0.3) is 17.7 Å². The Morgan fingerprint density at radius 2 is 1.36 bits per heavy atom. The Morgan fingerprint density at radius 1 is 0.909 bits per heavy atom. The summed E-state index contributed by atoms with van der Waals surface area (Å²) in [7, 11) is -7.78. The molecule has 0 aliphatic rings. The van der Waals surface area contributed by atoms with Crippen LogP contribution in [0.15, 0.2) is 0 Å². The second-order valence-electron chi connectivity index (χ2n) is 2.11. The Morgan fingerprint density at radius 3 is 1.64 bits per heavy atom. The van der Waals surface area contributed by atoms with Crippen LogP contribution in [0.2, 0.25) is 0 Å². The lowest BCUT2D eigenvalue weighted by molar-refractivity contribution is 0.582. The largest absolute Gasteiger partial charge is 0.253 e. The molecule has 6 heteroatoms. The lowest BCUT2D eigenvalue weighted by Gasteiger charge is -2.00. The molecule has 0 amide bonds. The molecule has 0 heterocycles. The fourth-order valence-electron chi connectivity index (χ4n) is 0.557. The summed E-state index contributed by atoms with van der Waals surface area (Å²) in [5, 5.41) is 0. The van der Waals surface area contributed by atoms with Gasteiger partial charge in [-0.2, -0.15) is 0 Å². The zero-order valence-corrected chi connectivity index (χ0v) is 8.20. The summed E-state index contributed by atoms with van der Waals surface area (Å²) in [5.74, 6) is -0.613. The van der Waals surface area contributed by atoms with Crippen molar-refractivity contribution >= 4 is 17.7 Å². The van der Waals surface area contributed by atoms with E-state index in [0.29, 0.717) is 6.42 Å². The lowest BCUT2D eigenvalue weighted by Crippen LogP contribution is -2.20. The molecule has 0 saturated carbocycles. The van der Waals surface area contributed by atoms with Crippen molar-refractivity contribution in [3.05, 3.63) is 0 Å². The third-order valence-corrected chi connectivity index (χ3v) is 7.11. The minimum Gasteiger partial charge on any atom is -0.213 e. The zero-order valence-electron chi connectivity index (χ0n) is 6.57. The van der Waals surface area contributed by atoms with Gasteiger partial charge < -0.3 is 0 Å². The Kier molecular flexibility index (Phi) is 3.50. The summed E-state index contributed by atoms with van der Waals surface area (Å²) in [5.41, 5.74) is 0. The Hall–Kier alpha value is -0.100. The smallest absolute Gasteiger partial charge is 0.213 e. The Balaban J connectivity index is 4.88. The normalized spacial score (nSPS) is 13.3. The topological polar surface area (TPSA) is 68.3 Å². The molecule has 0 unspecified atom stereocenters. The van der Waals surface area contributed by atoms with E-state index in [1.54, 1.807) is 6.92 Å². The van der Waals surface area contributed by atoms with Crippen LogP contribution in [-0.4, -0.2) is 28.3 Å². The number of hydrogen-bond acceptors (Lipinski definition) is 4. The molecule has 4 nitrogen and oxygen atoms in total. The van der Waals surface area contributed by atoms with E-state index < -0.39 is 17.7 Å². The molecule has 0 aliphatic heterocycles. The van der Waals surface area contributed by atoms with Gasteiger partial charge >= 0.3 is 0 Å². The predicted octanol–water partition coefficient (Wildman–Crippen LogP) is 0.161. The number of hydrogen-bond donors (Lipinski definition) is 0. The third kappa shape index (κ3) is 2.44. The molecule has 0 aromatic heterocycles. The summed E-state index contributed by atoms with van der Waals surface area (Å²) in [6.45, 7) is 2.95. The molecule has 0 atom stereocenters. The van der Waals surface area contributed by atoms with Crippen molar-refractivity contribution in [2.45, 2.75) is 20.3 Å². The van der Waals surface area contributed by atoms with E-state index in [2.05, 4.69) is 0 Å². The van der Waals surface area contributed by atoms with Crippen molar-refractivity contribution in [3.8, 4) is 0 Å². The van der Waals surface area contributed by atoms with Gasteiger partial charge in [0.05, 0.1) is 11.5 Å². The maximum Gasteiger partial charge on any atom is 0.253 e. The van der Waals surface area contributed by atoms with Gasteiger partial charge in [0.15, 0.2) is 0 Å². The van der Waals surface area contributed by atoms with Crippen LogP contribution in [0.25, 0.3) is 0 Å². The molecule has 0 rings (SSSR count). The summed E-state index contributed by atoms with van der Waals surface area (Å²) in [4.78, 5) is 0. The molecule has 0 radical (unpaired) electrons. The van der Waals surface area contributed by atoms with Crippen LogP contribution in [0.3, 0.4) is 0 Å². The maximum absolute atomic E-state index is 10.9. The van der Waals surface area contributed by atoms with Gasteiger partial charge in [-0.1, -0.05) is 13.8 Å². The van der Waals surface area contributed by atoms with E-state index in [0.717, 1.165) is 0 Å². The van der Waals surface area contributed by atoms with Gasteiger partial charge in [-0.25, -0.2) is 16.8 Å². The molecular formula is C5H12O4S2. The first-order valence-electron chi connectivity index (χ1n) is 3.32. The highest BCUT2D eigenvalue weighted by Crippen LogP contribution is 2.05. The second kappa shape index (κ2) is 3.53. The summed E-state index contributed by atoms with van der Waals surface area (Å²) in [6, 6.07) is 0. The van der Waals surface area contributed by atoms with E-state index in [1.807, 2.05) is 0 Å². The monoisotopic (exact) mass is 200 g/mol. The molecular weight excluding hydrogens is 188 g/mol. The van der Waals surface area contributed by atoms with E-state index in [1.165, 1.54) is 6.92 Å². The van der Waals surface area contributed by atoms with Gasteiger partial charge in [-0.15, -0.1) is 0 Å². The first kappa shape index (κ1) is 10.9. The first-order chi connectivity index (χ1) is 4.87. The van der Waals surface area contributed by atoms with Crippen LogP contribution in [0.4, 0.5) is 0 Å². The van der Waals surface area contributed by atoms with Crippen molar-refractivity contribution in [2.24, 2.45) is 0 Å². The minimum atomic E-state index is -3.89. The van der Waals surface area contributed by atoms with E-state index in [9.17, 15) is 16.8 Å². The van der Waals surface area contributed by atoms with Crippen LogP contribution in [0, 0.1) is 0 Å². The van der Waals surface area contributed by atoms with E-state index in [-0.39, 0.29) is 11.5 Å². The SMILES string of the molecule is CCCS(=O)(=O)S(=O)(=O)CC. The van der Waals surface area contributed by atoms with Crippen molar-refractivity contribution in [1.82, 2.24) is 0 Å². The van der Waals surface area contributed by atoms with Gasteiger partial charge in [0.1, 0.15) is 0 Å². The second-order valence-corrected chi connectivity index (χ2v) is 8.37. The average Bonchev–Trinajstić information content (AvgIpc) is 1.87. The molecule has 0 aliphatic carbocycles. The van der Waals surface area contributed by atoms with Crippen molar-refractivity contribution in [2.75, 3.05) is 11.5 Å². The van der Waals surface area contributed by atoms with Gasteiger partial charge in [0, 0.05) is 0 Å². The molecule has 0 fully saturated rings. The molecule has 0 bridgehead atoms. The van der Waals surface area contributed by atoms with Crippen molar-refractivity contribution in [1.29, 1.82) is 0 Å². The quantitative estimate of drug-likeness (QED) is 0.606. The van der Waals surface area contributed by atoms with Crippen LogP contribution in [0.1, 0.15) is 20.3 Å². The highest BCUT2D eigenvalue weighted by atomic mass is 33.2. The van der Waals surface area contributed by atoms with Gasteiger partial charge in [-0.3, -0.25) is 0 Å². The van der Waals surface area contributed by atoms with Crippen LogP contribution in [-0.2, 0) is 17.7 Å². The third-order valence-electron chi connectivity index (χ3n) is 1.19. The van der Waals surface area contributed by atoms with Crippen LogP contribution in [0.5, 0.6) is 0 Å². The molecule has 11 heavy (non-hydrogen) atoms. The van der Waals surface area contributed by atoms with Gasteiger partial charge in [-0.05, 0) is 6.42 Å². The minimum absolute atomic E-state index is 0.275. The molecule has 68 valence electrons. The van der Waals surface area contributed by atoms with Crippen LogP contribution >= 0.6 is 0 Å². The van der Waals surface area contributed by atoms with E-state index in [4.69, 9.17) is 0 Å². The van der Waals surface area contributed by atoms with Crippen LogP contribution < -0.4 is 0 Å².